The average Bonchev–Trinajstić information content (AvgIpc) is 2.96. The van der Waals surface area contributed by atoms with Crippen LogP contribution in [0, 0.1) is 5.92 Å². The van der Waals surface area contributed by atoms with Gasteiger partial charge in [0, 0.05) is 18.8 Å². The maximum absolute atomic E-state index is 12.2. The van der Waals surface area contributed by atoms with Crippen molar-refractivity contribution >= 4 is 18.3 Å². The van der Waals surface area contributed by atoms with E-state index in [1.165, 1.54) is 0 Å². The summed E-state index contributed by atoms with van der Waals surface area (Å²) in [5.41, 5.74) is 0.525. The quantitative estimate of drug-likeness (QED) is 0.844. The normalized spacial score (nSPS) is 19.5. The standard InChI is InChI=1S/C16H28N4O.ClH/c1-12(2)6-7-13(3)18-16(21)15-8-10-20(19-15)14-5-4-9-17-11-14;/h8,10,12-14,17H,4-7,9,11H2,1-3H3,(H,18,21);1H. The van der Waals surface area contributed by atoms with E-state index in [9.17, 15) is 4.79 Å². The smallest absolute Gasteiger partial charge is 0.271 e. The highest BCUT2D eigenvalue weighted by Crippen LogP contribution is 2.15. The Morgan fingerprint density at radius 3 is 2.86 bits per heavy atom. The van der Waals surface area contributed by atoms with Gasteiger partial charge in [-0.25, -0.2) is 0 Å². The molecule has 1 aromatic rings. The van der Waals surface area contributed by atoms with Crippen molar-refractivity contribution in [3.8, 4) is 0 Å². The minimum Gasteiger partial charge on any atom is -0.348 e. The van der Waals surface area contributed by atoms with E-state index in [1.807, 2.05) is 16.9 Å². The highest BCUT2D eigenvalue weighted by atomic mass is 35.5. The first-order valence-corrected chi connectivity index (χ1v) is 8.13. The third-order valence-electron chi connectivity index (χ3n) is 4.04. The lowest BCUT2D eigenvalue weighted by Crippen LogP contribution is -2.34. The third-order valence-corrected chi connectivity index (χ3v) is 4.04. The van der Waals surface area contributed by atoms with Crippen LogP contribution in [0.4, 0.5) is 0 Å². The van der Waals surface area contributed by atoms with Crippen LogP contribution >= 0.6 is 12.4 Å². The maximum atomic E-state index is 12.2. The van der Waals surface area contributed by atoms with Gasteiger partial charge in [-0.15, -0.1) is 12.4 Å². The zero-order chi connectivity index (χ0) is 15.2. The topological polar surface area (TPSA) is 59.0 Å². The molecule has 1 fully saturated rings. The van der Waals surface area contributed by atoms with E-state index in [2.05, 4.69) is 36.5 Å². The number of nitrogens with one attached hydrogen (secondary N) is 2. The number of hydrogen-bond donors (Lipinski definition) is 2. The number of aromatic nitrogens is 2. The summed E-state index contributed by atoms with van der Waals surface area (Å²) in [6, 6.07) is 2.39. The van der Waals surface area contributed by atoms with E-state index in [-0.39, 0.29) is 24.4 Å². The summed E-state index contributed by atoms with van der Waals surface area (Å²) in [4.78, 5) is 12.2. The van der Waals surface area contributed by atoms with Crippen molar-refractivity contribution in [3.63, 3.8) is 0 Å². The first-order valence-electron chi connectivity index (χ1n) is 8.13. The fourth-order valence-corrected chi connectivity index (χ4v) is 2.67. The van der Waals surface area contributed by atoms with E-state index in [1.54, 1.807) is 0 Å². The fraction of sp³-hybridized carbons (Fsp3) is 0.750. The molecular weight excluding hydrogens is 300 g/mol. The molecule has 2 rings (SSSR count). The summed E-state index contributed by atoms with van der Waals surface area (Å²) >= 11 is 0. The van der Waals surface area contributed by atoms with Crippen LogP contribution in [0.2, 0.25) is 0 Å². The Bertz CT molecular complexity index is 455. The van der Waals surface area contributed by atoms with E-state index in [0.29, 0.717) is 17.7 Å². The SMILES string of the molecule is CC(C)CCC(C)NC(=O)c1ccn(C2CCCNC2)n1.Cl. The maximum Gasteiger partial charge on any atom is 0.271 e. The number of amides is 1. The van der Waals surface area contributed by atoms with Crippen LogP contribution < -0.4 is 10.6 Å². The fourth-order valence-electron chi connectivity index (χ4n) is 2.67. The molecule has 1 aromatic heterocycles. The van der Waals surface area contributed by atoms with E-state index in [4.69, 9.17) is 0 Å². The molecule has 5 nitrogen and oxygen atoms in total. The number of carbonyl (C=O) groups is 1. The summed E-state index contributed by atoms with van der Waals surface area (Å²) in [6.45, 7) is 8.48. The van der Waals surface area contributed by atoms with E-state index < -0.39 is 0 Å². The van der Waals surface area contributed by atoms with Crippen LogP contribution in [-0.2, 0) is 0 Å². The number of rotatable bonds is 6. The Hall–Kier alpha value is -1.07. The third kappa shape index (κ3) is 5.61. The lowest BCUT2D eigenvalue weighted by molar-refractivity contribution is 0.0930. The lowest BCUT2D eigenvalue weighted by atomic mass is 10.0. The van der Waals surface area contributed by atoms with Crippen molar-refractivity contribution < 1.29 is 4.79 Å². The van der Waals surface area contributed by atoms with Crippen molar-refractivity contribution in [2.45, 2.75) is 58.5 Å². The van der Waals surface area contributed by atoms with Gasteiger partial charge >= 0.3 is 0 Å². The lowest BCUT2D eigenvalue weighted by Gasteiger charge is -2.22. The first kappa shape index (κ1) is 19.0. The molecule has 1 aliphatic heterocycles. The number of carbonyl (C=O) groups excluding carboxylic acids is 1. The van der Waals surface area contributed by atoms with Gasteiger partial charge in [-0.05, 0) is 51.1 Å². The molecule has 2 heterocycles. The van der Waals surface area contributed by atoms with Crippen LogP contribution in [0.15, 0.2) is 12.3 Å². The second-order valence-corrected chi connectivity index (χ2v) is 6.53. The van der Waals surface area contributed by atoms with Crippen molar-refractivity contribution in [1.82, 2.24) is 20.4 Å². The largest absolute Gasteiger partial charge is 0.348 e. The van der Waals surface area contributed by atoms with Crippen LogP contribution in [0.1, 0.15) is 63.0 Å². The van der Waals surface area contributed by atoms with Crippen LogP contribution in [0.5, 0.6) is 0 Å². The van der Waals surface area contributed by atoms with Gasteiger partial charge < -0.3 is 10.6 Å². The minimum absolute atomic E-state index is 0. The Balaban J connectivity index is 0.00000242. The van der Waals surface area contributed by atoms with Crippen LogP contribution in [0.3, 0.4) is 0 Å². The average molecular weight is 329 g/mol. The molecular formula is C16H29ClN4O. The molecule has 1 saturated heterocycles. The Labute approximate surface area is 139 Å². The number of nitrogens with zero attached hydrogens (tertiary/aromatic N) is 2. The van der Waals surface area contributed by atoms with Gasteiger partial charge in [0.2, 0.25) is 0 Å². The zero-order valence-corrected chi connectivity index (χ0v) is 14.7. The van der Waals surface area contributed by atoms with Gasteiger partial charge in [0.25, 0.3) is 5.91 Å². The van der Waals surface area contributed by atoms with Crippen molar-refractivity contribution in [3.05, 3.63) is 18.0 Å². The van der Waals surface area contributed by atoms with Crippen LogP contribution in [0.25, 0.3) is 0 Å². The molecule has 0 radical (unpaired) electrons. The predicted molar refractivity (Wildman–Crippen MR) is 91.6 cm³/mol. The summed E-state index contributed by atoms with van der Waals surface area (Å²) in [6.07, 6.45) is 6.35. The molecule has 6 heteroatoms. The Kier molecular flexibility index (Phi) is 7.90. The highest BCUT2D eigenvalue weighted by Gasteiger charge is 2.18. The second kappa shape index (κ2) is 9.16. The molecule has 2 unspecified atom stereocenters. The van der Waals surface area contributed by atoms with Crippen LogP contribution in [-0.4, -0.2) is 34.8 Å². The Morgan fingerprint density at radius 2 is 2.23 bits per heavy atom. The molecule has 22 heavy (non-hydrogen) atoms. The van der Waals surface area contributed by atoms with Crippen molar-refractivity contribution in [2.24, 2.45) is 5.92 Å². The molecule has 0 spiro atoms. The molecule has 2 atom stereocenters. The zero-order valence-electron chi connectivity index (χ0n) is 13.8. The van der Waals surface area contributed by atoms with E-state index in [0.717, 1.165) is 38.8 Å². The number of halogens is 1. The summed E-state index contributed by atoms with van der Waals surface area (Å²) in [5, 5.41) is 10.9. The molecule has 0 saturated carbocycles. The summed E-state index contributed by atoms with van der Waals surface area (Å²) in [5.74, 6) is 0.608. The Morgan fingerprint density at radius 1 is 1.45 bits per heavy atom. The first-order chi connectivity index (χ1) is 10.1. The highest BCUT2D eigenvalue weighted by molar-refractivity contribution is 5.92. The summed E-state index contributed by atoms with van der Waals surface area (Å²) in [7, 11) is 0. The molecule has 2 N–H and O–H groups in total. The molecule has 126 valence electrons. The van der Waals surface area contributed by atoms with Gasteiger partial charge in [-0.3, -0.25) is 9.48 Å². The van der Waals surface area contributed by atoms with Crippen molar-refractivity contribution in [1.29, 1.82) is 0 Å². The number of piperidine rings is 1. The van der Waals surface area contributed by atoms with Gasteiger partial charge in [-0.2, -0.15) is 5.10 Å². The summed E-state index contributed by atoms with van der Waals surface area (Å²) < 4.78 is 1.93. The molecule has 1 amide bonds. The molecule has 1 aliphatic rings. The molecule has 0 bridgehead atoms. The second-order valence-electron chi connectivity index (χ2n) is 6.53. The molecule has 0 aliphatic carbocycles. The van der Waals surface area contributed by atoms with Gasteiger partial charge in [-0.1, -0.05) is 13.8 Å². The van der Waals surface area contributed by atoms with Gasteiger partial charge in [0.05, 0.1) is 6.04 Å². The minimum atomic E-state index is -0.0613. The van der Waals surface area contributed by atoms with Crippen molar-refractivity contribution in [2.75, 3.05) is 13.1 Å². The monoisotopic (exact) mass is 328 g/mol. The van der Waals surface area contributed by atoms with E-state index >= 15 is 0 Å². The molecule has 0 aromatic carbocycles. The van der Waals surface area contributed by atoms with Gasteiger partial charge in [0.1, 0.15) is 5.69 Å². The van der Waals surface area contributed by atoms with Gasteiger partial charge in [0.15, 0.2) is 0 Å². The number of hydrogen-bond acceptors (Lipinski definition) is 3. The predicted octanol–water partition coefficient (Wildman–Crippen LogP) is 2.78.